The number of carbonyl (C=O) groups is 4. The maximum atomic E-state index is 14.3. The monoisotopic (exact) mass is 573 g/mol. The molecule has 2 saturated carbocycles. The van der Waals surface area contributed by atoms with Gasteiger partial charge < -0.3 is 36.8 Å². The number of phenolic OH excluding ortho intramolecular Hbond substituents is 1. The molecule has 41 heavy (non-hydrogen) atoms. The molecule has 0 aliphatic heterocycles. The van der Waals surface area contributed by atoms with E-state index in [0.717, 1.165) is 5.56 Å². The van der Waals surface area contributed by atoms with Crippen LogP contribution in [-0.2, 0) is 16.0 Å². The molecule has 0 radical (unpaired) electrons. The lowest BCUT2D eigenvalue weighted by Crippen LogP contribution is -2.79. The van der Waals surface area contributed by atoms with Crippen LogP contribution < -0.4 is 16.4 Å². The van der Waals surface area contributed by atoms with Gasteiger partial charge in [-0.3, -0.25) is 14.4 Å². The molecule has 8 atom stereocenters. The minimum Gasteiger partial charge on any atom is -0.505 e. The van der Waals surface area contributed by atoms with Gasteiger partial charge in [0.15, 0.2) is 17.2 Å². The third-order valence-corrected chi connectivity index (χ3v) is 10.0. The molecule has 2 fully saturated rings. The number of nitrogens with two attached hydrogens (primary N) is 1. The first-order chi connectivity index (χ1) is 18.9. The maximum absolute atomic E-state index is 14.3. The molecule has 8 N–H and O–H groups in total. The number of anilines is 1. The number of fused-ring (bicyclic) bond motifs is 3. The molecule has 3 amide bonds. The molecule has 0 bridgehead atoms. The lowest BCUT2D eigenvalue weighted by atomic mass is 9.39. The molecule has 1 aromatic rings. The topological polar surface area (TPSA) is 199 Å². The standard InChI is InChI=1S/C30H43N3O8/c1-8-32-27(40)33-16-9-14(12(2)3)15-10-28(6)11-29(7)19(13(4)5)23(36)18(26(31)39)24(37)30(29,41)25(38)20(28)22(35)17(15)21(16)34/h9,12-13,18-20,23,25,34,36,38,41H,8,10-11H2,1-7H3,(H2,31,39)(H2,32,33,40)/t18-,19+,20-,23?,25?,28-,29-,30+/m1/s1. The second-order valence-corrected chi connectivity index (χ2v) is 13.3. The first-order valence-corrected chi connectivity index (χ1v) is 14.3. The van der Waals surface area contributed by atoms with E-state index < -0.39 is 75.6 Å². The van der Waals surface area contributed by atoms with Gasteiger partial charge in [-0.05, 0) is 60.1 Å². The summed E-state index contributed by atoms with van der Waals surface area (Å²) in [6.45, 7) is 12.9. The number of urea groups is 1. The average molecular weight is 574 g/mol. The number of aromatic hydroxyl groups is 1. The quantitative estimate of drug-likeness (QED) is 0.204. The van der Waals surface area contributed by atoms with Crippen LogP contribution in [0.25, 0.3) is 0 Å². The van der Waals surface area contributed by atoms with Crippen molar-refractivity contribution in [1.82, 2.24) is 5.32 Å². The van der Waals surface area contributed by atoms with Crippen molar-refractivity contribution in [2.24, 2.45) is 40.2 Å². The lowest BCUT2D eigenvalue weighted by molar-refractivity contribution is -0.265. The van der Waals surface area contributed by atoms with Gasteiger partial charge in [-0.15, -0.1) is 0 Å². The maximum Gasteiger partial charge on any atom is 0.319 e. The van der Waals surface area contributed by atoms with Gasteiger partial charge in [0.2, 0.25) is 5.91 Å². The number of hydrogen-bond donors (Lipinski definition) is 7. The van der Waals surface area contributed by atoms with Crippen molar-refractivity contribution in [2.75, 3.05) is 11.9 Å². The normalized spacial score (nSPS) is 36.4. The van der Waals surface area contributed by atoms with Crippen LogP contribution >= 0.6 is 0 Å². The molecule has 11 heteroatoms. The molecule has 3 aliphatic rings. The minimum absolute atomic E-state index is 0.0229. The van der Waals surface area contributed by atoms with Crippen molar-refractivity contribution in [3.63, 3.8) is 0 Å². The van der Waals surface area contributed by atoms with E-state index in [4.69, 9.17) is 5.73 Å². The molecule has 2 unspecified atom stereocenters. The van der Waals surface area contributed by atoms with Crippen molar-refractivity contribution in [3.8, 4) is 5.75 Å². The highest BCUT2D eigenvalue weighted by atomic mass is 16.4. The molecular weight excluding hydrogens is 530 g/mol. The Bertz CT molecular complexity index is 1310. The first-order valence-electron chi connectivity index (χ1n) is 14.3. The van der Waals surface area contributed by atoms with Gasteiger partial charge in [0.05, 0.1) is 23.3 Å². The van der Waals surface area contributed by atoms with E-state index in [9.17, 15) is 39.6 Å². The average Bonchev–Trinajstić information content (AvgIpc) is 2.82. The second-order valence-electron chi connectivity index (χ2n) is 13.3. The molecule has 0 heterocycles. The fraction of sp³-hybridized carbons (Fsp3) is 0.667. The molecule has 0 saturated heterocycles. The minimum atomic E-state index is -2.58. The summed E-state index contributed by atoms with van der Waals surface area (Å²) in [6, 6.07) is 1.07. The summed E-state index contributed by atoms with van der Waals surface area (Å²) in [5.74, 6) is -7.71. The molecule has 1 aromatic carbocycles. The SMILES string of the molecule is CCNC(=O)Nc1cc(C(C)C)c2c(c1O)C(=O)[C@@H]1C(O)[C@@]3(O)C(=O)[C@H](C(N)=O)C(O)[C@H](C(C)C)[C@@]3(C)C[C@@]1(C)C2. The van der Waals surface area contributed by atoms with Gasteiger partial charge >= 0.3 is 6.03 Å². The highest BCUT2D eigenvalue weighted by Gasteiger charge is 2.76. The first kappa shape index (κ1) is 30.9. The largest absolute Gasteiger partial charge is 0.505 e. The number of amides is 3. The van der Waals surface area contributed by atoms with E-state index in [1.807, 2.05) is 20.8 Å². The van der Waals surface area contributed by atoms with Crippen molar-refractivity contribution < 1.29 is 39.6 Å². The molecule has 0 aromatic heterocycles. The van der Waals surface area contributed by atoms with Crippen molar-refractivity contribution in [2.45, 2.75) is 85.0 Å². The zero-order chi connectivity index (χ0) is 31.0. The Kier molecular flexibility index (Phi) is 7.59. The molecular formula is C30H43N3O8. The Labute approximate surface area is 239 Å². The summed E-state index contributed by atoms with van der Waals surface area (Å²) in [5.41, 5.74) is 1.76. The summed E-state index contributed by atoms with van der Waals surface area (Å²) >= 11 is 0. The van der Waals surface area contributed by atoms with Crippen LogP contribution in [0, 0.1) is 34.5 Å². The fourth-order valence-corrected chi connectivity index (χ4v) is 8.56. The van der Waals surface area contributed by atoms with Crippen molar-refractivity contribution in [1.29, 1.82) is 0 Å². The molecule has 226 valence electrons. The number of hydrogen-bond acceptors (Lipinski definition) is 8. The van der Waals surface area contributed by atoms with Crippen LogP contribution in [-0.4, -0.2) is 68.3 Å². The Morgan fingerprint density at radius 3 is 2.27 bits per heavy atom. The summed E-state index contributed by atoms with van der Waals surface area (Å²) < 4.78 is 0. The summed E-state index contributed by atoms with van der Waals surface area (Å²) in [7, 11) is 0. The number of phenols is 1. The number of Topliss-reactive ketones (excluding diaryl/α,β-unsaturated/α-hetero) is 2. The van der Waals surface area contributed by atoms with Gasteiger partial charge in [-0.25, -0.2) is 4.79 Å². The van der Waals surface area contributed by atoms with Gasteiger partial charge in [-0.2, -0.15) is 0 Å². The number of aliphatic hydroxyl groups is 3. The third kappa shape index (κ3) is 4.19. The van der Waals surface area contributed by atoms with Crippen LogP contribution in [0.1, 0.15) is 82.3 Å². The van der Waals surface area contributed by atoms with Crippen molar-refractivity contribution >= 4 is 29.2 Å². The zero-order valence-corrected chi connectivity index (χ0v) is 24.7. The molecule has 11 nitrogen and oxygen atoms in total. The van der Waals surface area contributed by atoms with Crippen LogP contribution in [0.3, 0.4) is 0 Å². The van der Waals surface area contributed by atoms with Crippen LogP contribution in [0.2, 0.25) is 0 Å². The molecule has 0 spiro atoms. The highest BCUT2D eigenvalue weighted by Crippen LogP contribution is 2.66. The number of carbonyl (C=O) groups excluding carboxylic acids is 4. The highest BCUT2D eigenvalue weighted by molar-refractivity contribution is 6.10. The zero-order valence-electron chi connectivity index (χ0n) is 24.7. The lowest BCUT2D eigenvalue weighted by Gasteiger charge is -2.66. The van der Waals surface area contributed by atoms with Gasteiger partial charge in [0.1, 0.15) is 17.8 Å². The van der Waals surface area contributed by atoms with Crippen LogP contribution in [0.15, 0.2) is 6.07 Å². The second kappa shape index (κ2) is 10.1. The third-order valence-electron chi connectivity index (χ3n) is 10.0. The Morgan fingerprint density at radius 1 is 1.15 bits per heavy atom. The van der Waals surface area contributed by atoms with E-state index in [0.29, 0.717) is 12.1 Å². The Balaban J connectivity index is 1.95. The predicted octanol–water partition coefficient (Wildman–Crippen LogP) is 1.84. The number of ketones is 2. The number of nitrogens with one attached hydrogen (secondary N) is 2. The number of primary amides is 1. The summed E-state index contributed by atoms with van der Waals surface area (Å²) in [4.78, 5) is 52.8. The van der Waals surface area contributed by atoms with Gasteiger partial charge in [0.25, 0.3) is 0 Å². The van der Waals surface area contributed by atoms with E-state index in [1.54, 1.807) is 33.8 Å². The van der Waals surface area contributed by atoms with Crippen LogP contribution in [0.4, 0.5) is 10.5 Å². The van der Waals surface area contributed by atoms with E-state index in [2.05, 4.69) is 10.6 Å². The van der Waals surface area contributed by atoms with Gasteiger partial charge in [-0.1, -0.05) is 41.5 Å². The number of rotatable bonds is 5. The molecule has 4 rings (SSSR count). The van der Waals surface area contributed by atoms with E-state index in [-0.39, 0.29) is 35.9 Å². The summed E-state index contributed by atoms with van der Waals surface area (Å²) in [5, 5.41) is 51.8. The molecule has 3 aliphatic carbocycles. The number of aliphatic hydroxyl groups excluding tert-OH is 2. The fourth-order valence-electron chi connectivity index (χ4n) is 8.56. The van der Waals surface area contributed by atoms with E-state index in [1.165, 1.54) is 0 Å². The Morgan fingerprint density at radius 2 is 1.76 bits per heavy atom. The van der Waals surface area contributed by atoms with E-state index >= 15 is 0 Å². The van der Waals surface area contributed by atoms with Crippen molar-refractivity contribution in [3.05, 3.63) is 22.8 Å². The van der Waals surface area contributed by atoms with Crippen LogP contribution in [0.5, 0.6) is 5.75 Å². The number of benzene rings is 1. The Hall–Kier alpha value is -3.02. The van der Waals surface area contributed by atoms with Gasteiger partial charge in [0, 0.05) is 12.0 Å². The smallest absolute Gasteiger partial charge is 0.319 e. The summed E-state index contributed by atoms with van der Waals surface area (Å²) in [6.07, 6.45) is -3.16. The predicted molar refractivity (Wildman–Crippen MR) is 150 cm³/mol.